The second-order valence-electron chi connectivity index (χ2n) is 3.04. The summed E-state index contributed by atoms with van der Waals surface area (Å²) in [6, 6.07) is 4.15. The van der Waals surface area contributed by atoms with Crippen LogP contribution in [-0.4, -0.2) is 21.6 Å². The summed E-state index contributed by atoms with van der Waals surface area (Å²) in [4.78, 5) is 13.1. The van der Waals surface area contributed by atoms with E-state index in [1.54, 1.807) is 11.3 Å². The Labute approximate surface area is 102 Å². The first kappa shape index (κ1) is 11.3. The molecule has 0 atom stereocenters. The number of nitrogens with zero attached hydrogens (tertiary/aromatic N) is 3. The zero-order valence-corrected chi connectivity index (χ0v) is 10.3. The molecule has 2 aromatic rings. The maximum absolute atomic E-state index is 5.81. The quantitative estimate of drug-likeness (QED) is 0.843. The van der Waals surface area contributed by atoms with Gasteiger partial charge < -0.3 is 4.74 Å². The topological polar surface area (TPSA) is 47.9 Å². The maximum Gasteiger partial charge on any atom is 0.321 e. The first-order valence-electron chi connectivity index (χ1n) is 4.88. The Hall–Kier alpha value is -1.20. The van der Waals surface area contributed by atoms with Crippen LogP contribution in [0.25, 0.3) is 10.7 Å². The van der Waals surface area contributed by atoms with Crippen molar-refractivity contribution in [3.8, 4) is 16.7 Å². The highest BCUT2D eigenvalue weighted by molar-refractivity contribution is 7.13. The summed E-state index contributed by atoms with van der Waals surface area (Å²) in [5, 5.41) is 2.11. The molecule has 2 rings (SSSR count). The average molecular weight is 256 g/mol. The molecule has 0 aliphatic carbocycles. The molecule has 84 valence electrons. The lowest BCUT2D eigenvalue weighted by Crippen LogP contribution is -2.02. The summed E-state index contributed by atoms with van der Waals surface area (Å²) >= 11 is 7.36. The summed E-state index contributed by atoms with van der Waals surface area (Å²) in [5.74, 6) is 0.557. The standard InChI is InChI=1S/C10H10ClN3OS/c1-2-5-15-10-13-8(12-9(11)14-10)7-4-3-6-16-7/h3-4,6H,2,5H2,1H3. The first-order valence-corrected chi connectivity index (χ1v) is 6.13. The second-order valence-corrected chi connectivity index (χ2v) is 4.32. The van der Waals surface area contributed by atoms with Crippen molar-refractivity contribution in [2.45, 2.75) is 13.3 Å². The van der Waals surface area contributed by atoms with Crippen LogP contribution in [0.5, 0.6) is 6.01 Å². The minimum atomic E-state index is 0.157. The highest BCUT2D eigenvalue weighted by Gasteiger charge is 2.08. The molecule has 0 aliphatic heterocycles. The van der Waals surface area contributed by atoms with Gasteiger partial charge in [0.25, 0.3) is 0 Å². The molecule has 0 bridgehead atoms. The molecule has 0 amide bonds. The molecule has 6 heteroatoms. The number of ether oxygens (including phenoxy) is 1. The van der Waals surface area contributed by atoms with Gasteiger partial charge in [0.2, 0.25) is 5.28 Å². The van der Waals surface area contributed by atoms with Gasteiger partial charge in [0, 0.05) is 0 Å². The molecule has 0 aromatic carbocycles. The van der Waals surface area contributed by atoms with E-state index in [0.29, 0.717) is 12.4 Å². The van der Waals surface area contributed by atoms with Crippen LogP contribution in [0.1, 0.15) is 13.3 Å². The Morgan fingerprint density at radius 1 is 1.38 bits per heavy atom. The van der Waals surface area contributed by atoms with E-state index >= 15 is 0 Å². The van der Waals surface area contributed by atoms with Crippen LogP contribution < -0.4 is 4.74 Å². The third-order valence-electron chi connectivity index (χ3n) is 1.76. The molecular formula is C10H10ClN3OS. The van der Waals surface area contributed by atoms with Crippen LogP contribution in [0.3, 0.4) is 0 Å². The van der Waals surface area contributed by atoms with Crippen molar-refractivity contribution >= 4 is 22.9 Å². The van der Waals surface area contributed by atoms with Crippen LogP contribution in [0.2, 0.25) is 5.28 Å². The van der Waals surface area contributed by atoms with Crippen LogP contribution in [-0.2, 0) is 0 Å². The minimum Gasteiger partial charge on any atom is -0.463 e. The lowest BCUT2D eigenvalue weighted by atomic mass is 10.4. The van der Waals surface area contributed by atoms with E-state index in [2.05, 4.69) is 15.0 Å². The predicted octanol–water partition coefficient (Wildman–Crippen LogP) is 3.04. The smallest absolute Gasteiger partial charge is 0.321 e. The molecule has 4 nitrogen and oxygen atoms in total. The van der Waals surface area contributed by atoms with Gasteiger partial charge in [-0.25, -0.2) is 0 Å². The van der Waals surface area contributed by atoms with Crippen molar-refractivity contribution in [3.63, 3.8) is 0 Å². The molecule has 2 heterocycles. The molecule has 0 N–H and O–H groups in total. The van der Waals surface area contributed by atoms with E-state index in [0.717, 1.165) is 11.3 Å². The molecular weight excluding hydrogens is 246 g/mol. The zero-order valence-electron chi connectivity index (χ0n) is 8.68. The molecule has 0 aliphatic rings. The lowest BCUT2D eigenvalue weighted by molar-refractivity contribution is 0.291. The molecule has 0 radical (unpaired) electrons. The van der Waals surface area contributed by atoms with Crippen LogP contribution in [0, 0.1) is 0 Å². The predicted molar refractivity (Wildman–Crippen MR) is 63.9 cm³/mol. The first-order chi connectivity index (χ1) is 7.79. The summed E-state index contributed by atoms with van der Waals surface area (Å²) in [6.45, 7) is 2.59. The third-order valence-corrected chi connectivity index (χ3v) is 2.80. The number of hydrogen-bond acceptors (Lipinski definition) is 5. The van der Waals surface area contributed by atoms with Crippen LogP contribution in [0.15, 0.2) is 17.5 Å². The van der Waals surface area contributed by atoms with Gasteiger partial charge >= 0.3 is 6.01 Å². The Morgan fingerprint density at radius 2 is 2.25 bits per heavy atom. The number of thiophene rings is 1. The fourth-order valence-electron chi connectivity index (χ4n) is 1.11. The SMILES string of the molecule is CCCOc1nc(Cl)nc(-c2cccs2)n1. The van der Waals surface area contributed by atoms with Gasteiger partial charge in [0.15, 0.2) is 5.82 Å². The fourth-order valence-corrected chi connectivity index (χ4v) is 1.92. The number of aromatic nitrogens is 3. The van der Waals surface area contributed by atoms with Gasteiger partial charge in [-0.05, 0) is 29.5 Å². The van der Waals surface area contributed by atoms with E-state index in [9.17, 15) is 0 Å². The van der Waals surface area contributed by atoms with Gasteiger partial charge in [-0.15, -0.1) is 11.3 Å². The van der Waals surface area contributed by atoms with Crippen molar-refractivity contribution in [2.75, 3.05) is 6.61 Å². The Morgan fingerprint density at radius 3 is 2.94 bits per heavy atom. The maximum atomic E-state index is 5.81. The third kappa shape index (κ3) is 2.68. The van der Waals surface area contributed by atoms with Gasteiger partial charge in [-0.1, -0.05) is 13.0 Å². The monoisotopic (exact) mass is 255 g/mol. The highest BCUT2D eigenvalue weighted by atomic mass is 35.5. The van der Waals surface area contributed by atoms with Crippen molar-refractivity contribution < 1.29 is 4.74 Å². The molecule has 0 unspecified atom stereocenters. The van der Waals surface area contributed by atoms with Crippen LogP contribution in [0.4, 0.5) is 0 Å². The molecule has 0 saturated heterocycles. The Kier molecular flexibility index (Phi) is 3.69. The Bertz CT molecular complexity index is 461. The molecule has 0 spiro atoms. The van der Waals surface area contributed by atoms with E-state index in [4.69, 9.17) is 16.3 Å². The summed E-state index contributed by atoms with van der Waals surface area (Å²) < 4.78 is 5.33. The molecule has 0 saturated carbocycles. The number of rotatable bonds is 4. The van der Waals surface area contributed by atoms with Gasteiger partial charge in [-0.2, -0.15) is 15.0 Å². The number of halogens is 1. The normalized spacial score (nSPS) is 10.4. The van der Waals surface area contributed by atoms with E-state index in [-0.39, 0.29) is 11.3 Å². The fraction of sp³-hybridized carbons (Fsp3) is 0.300. The molecule has 0 fully saturated rings. The van der Waals surface area contributed by atoms with Crippen molar-refractivity contribution in [2.24, 2.45) is 0 Å². The average Bonchev–Trinajstić information content (AvgIpc) is 2.79. The number of hydrogen-bond donors (Lipinski definition) is 0. The summed E-state index contributed by atoms with van der Waals surface area (Å²) in [6.07, 6.45) is 0.900. The molecule has 2 aromatic heterocycles. The van der Waals surface area contributed by atoms with Crippen molar-refractivity contribution in [1.29, 1.82) is 0 Å². The largest absolute Gasteiger partial charge is 0.463 e. The van der Waals surface area contributed by atoms with Gasteiger partial charge in [0.1, 0.15) is 0 Å². The summed E-state index contributed by atoms with van der Waals surface area (Å²) in [7, 11) is 0. The van der Waals surface area contributed by atoms with Gasteiger partial charge in [0.05, 0.1) is 11.5 Å². The van der Waals surface area contributed by atoms with E-state index in [1.165, 1.54) is 0 Å². The van der Waals surface area contributed by atoms with Crippen molar-refractivity contribution in [3.05, 3.63) is 22.8 Å². The highest BCUT2D eigenvalue weighted by Crippen LogP contribution is 2.23. The van der Waals surface area contributed by atoms with E-state index < -0.39 is 0 Å². The van der Waals surface area contributed by atoms with Crippen LogP contribution >= 0.6 is 22.9 Å². The van der Waals surface area contributed by atoms with E-state index in [1.807, 2.05) is 24.4 Å². The molecule has 16 heavy (non-hydrogen) atoms. The Balaban J connectivity index is 2.29. The van der Waals surface area contributed by atoms with Crippen molar-refractivity contribution in [1.82, 2.24) is 15.0 Å². The summed E-state index contributed by atoms with van der Waals surface area (Å²) in [5.41, 5.74) is 0. The van der Waals surface area contributed by atoms with Gasteiger partial charge in [-0.3, -0.25) is 0 Å². The zero-order chi connectivity index (χ0) is 11.4. The lowest BCUT2D eigenvalue weighted by Gasteiger charge is -2.03. The second kappa shape index (κ2) is 5.23. The minimum absolute atomic E-state index is 0.157.